The predicted octanol–water partition coefficient (Wildman–Crippen LogP) is 1.87. The first kappa shape index (κ1) is 19.9. The molecule has 0 aromatic heterocycles. The highest BCUT2D eigenvalue weighted by atomic mass is 35.5. The number of rotatable bonds is 4. The van der Waals surface area contributed by atoms with Gasteiger partial charge in [0.15, 0.2) is 0 Å². The second-order valence-corrected chi connectivity index (χ2v) is 9.68. The SMILES string of the molecule is CC1(CN)CCN(CC(=O)NC(=O)NC23CC4CC(CC(C4)C2)C3)C1.Cl. The van der Waals surface area contributed by atoms with Crippen molar-refractivity contribution in [3.63, 3.8) is 0 Å². The molecule has 1 aliphatic heterocycles. The predicted molar refractivity (Wildman–Crippen MR) is 103 cm³/mol. The van der Waals surface area contributed by atoms with Gasteiger partial charge in [-0.25, -0.2) is 4.79 Å². The van der Waals surface area contributed by atoms with Crippen molar-refractivity contribution in [2.75, 3.05) is 26.2 Å². The van der Waals surface area contributed by atoms with Crippen LogP contribution in [-0.2, 0) is 4.79 Å². The quantitative estimate of drug-likeness (QED) is 0.690. The zero-order valence-electron chi connectivity index (χ0n) is 15.8. The maximum atomic E-state index is 12.4. The number of imide groups is 1. The number of nitrogens with one attached hydrogen (secondary N) is 2. The van der Waals surface area contributed by atoms with Crippen molar-refractivity contribution in [1.82, 2.24) is 15.5 Å². The zero-order chi connectivity index (χ0) is 17.7. The summed E-state index contributed by atoms with van der Waals surface area (Å²) in [5.41, 5.74) is 5.86. The van der Waals surface area contributed by atoms with Crippen LogP contribution in [0.5, 0.6) is 0 Å². The number of halogens is 1. The van der Waals surface area contributed by atoms with E-state index in [4.69, 9.17) is 5.73 Å². The van der Waals surface area contributed by atoms with Crippen LogP contribution in [0.2, 0.25) is 0 Å². The molecule has 1 heterocycles. The minimum Gasteiger partial charge on any atom is -0.332 e. The minimum atomic E-state index is -0.298. The number of nitrogens with zero attached hydrogens (tertiary/aromatic N) is 1. The van der Waals surface area contributed by atoms with Gasteiger partial charge < -0.3 is 11.1 Å². The Balaban J connectivity index is 0.00000196. The maximum Gasteiger partial charge on any atom is 0.321 e. The van der Waals surface area contributed by atoms with Crippen LogP contribution in [0, 0.1) is 23.2 Å². The van der Waals surface area contributed by atoms with Crippen LogP contribution in [-0.4, -0.2) is 48.6 Å². The number of likely N-dealkylation sites (tertiary alicyclic amines) is 1. The Morgan fingerprint density at radius 2 is 1.69 bits per heavy atom. The van der Waals surface area contributed by atoms with E-state index in [1.165, 1.54) is 19.3 Å². The van der Waals surface area contributed by atoms with Crippen LogP contribution in [0.25, 0.3) is 0 Å². The van der Waals surface area contributed by atoms with Crippen molar-refractivity contribution in [3.05, 3.63) is 0 Å². The second-order valence-electron chi connectivity index (χ2n) is 9.68. The number of carbonyl (C=O) groups is 2. The highest BCUT2D eigenvalue weighted by Crippen LogP contribution is 2.55. The highest BCUT2D eigenvalue weighted by molar-refractivity contribution is 5.95. The van der Waals surface area contributed by atoms with Crippen LogP contribution in [0.1, 0.15) is 51.9 Å². The van der Waals surface area contributed by atoms with Crippen molar-refractivity contribution in [1.29, 1.82) is 0 Å². The average molecular weight is 385 g/mol. The van der Waals surface area contributed by atoms with Crippen molar-refractivity contribution in [2.24, 2.45) is 28.9 Å². The molecule has 148 valence electrons. The molecular formula is C19H33ClN4O2. The lowest BCUT2D eigenvalue weighted by molar-refractivity contribution is -0.121. The van der Waals surface area contributed by atoms with E-state index in [1.807, 2.05) is 0 Å². The number of hydrogen-bond donors (Lipinski definition) is 3. The Labute approximate surface area is 162 Å². The lowest BCUT2D eigenvalue weighted by Crippen LogP contribution is -2.62. The van der Waals surface area contributed by atoms with E-state index in [9.17, 15) is 9.59 Å². The molecule has 4 bridgehead atoms. The summed E-state index contributed by atoms with van der Waals surface area (Å²) in [5, 5.41) is 5.76. The number of carbonyl (C=O) groups excluding carboxylic acids is 2. The second kappa shape index (κ2) is 7.28. The fraction of sp³-hybridized carbons (Fsp3) is 0.895. The molecule has 5 fully saturated rings. The van der Waals surface area contributed by atoms with Gasteiger partial charge in [-0.15, -0.1) is 12.4 Å². The Bertz CT molecular complexity index is 534. The molecule has 26 heavy (non-hydrogen) atoms. The molecule has 1 atom stereocenters. The maximum absolute atomic E-state index is 12.4. The van der Waals surface area contributed by atoms with E-state index in [2.05, 4.69) is 22.5 Å². The molecule has 3 amide bonds. The van der Waals surface area contributed by atoms with Gasteiger partial charge in [0.25, 0.3) is 0 Å². The molecule has 0 radical (unpaired) electrons. The summed E-state index contributed by atoms with van der Waals surface area (Å²) >= 11 is 0. The van der Waals surface area contributed by atoms with Gasteiger partial charge in [-0.3, -0.25) is 15.0 Å². The molecule has 4 N–H and O–H groups in total. The zero-order valence-corrected chi connectivity index (χ0v) is 16.6. The fourth-order valence-corrected chi connectivity index (χ4v) is 6.33. The summed E-state index contributed by atoms with van der Waals surface area (Å²) in [4.78, 5) is 26.8. The molecule has 5 rings (SSSR count). The third-order valence-electron chi connectivity index (χ3n) is 7.17. The summed E-state index contributed by atoms with van der Waals surface area (Å²) in [6.45, 7) is 4.78. The summed E-state index contributed by atoms with van der Waals surface area (Å²) in [7, 11) is 0. The Morgan fingerprint density at radius 1 is 1.12 bits per heavy atom. The summed E-state index contributed by atoms with van der Waals surface area (Å²) in [5.74, 6) is 2.13. The molecule has 0 spiro atoms. The van der Waals surface area contributed by atoms with Crippen molar-refractivity contribution >= 4 is 24.3 Å². The molecule has 1 saturated heterocycles. The van der Waals surface area contributed by atoms with Crippen LogP contribution in [0.4, 0.5) is 4.79 Å². The smallest absolute Gasteiger partial charge is 0.321 e. The number of hydrogen-bond acceptors (Lipinski definition) is 4. The molecule has 5 aliphatic rings. The number of amides is 3. The van der Waals surface area contributed by atoms with E-state index in [0.717, 1.165) is 56.5 Å². The van der Waals surface area contributed by atoms with Crippen molar-refractivity contribution in [2.45, 2.75) is 57.4 Å². The van der Waals surface area contributed by atoms with E-state index < -0.39 is 0 Å². The molecule has 4 aliphatic carbocycles. The monoisotopic (exact) mass is 384 g/mol. The van der Waals surface area contributed by atoms with Crippen LogP contribution in [0.15, 0.2) is 0 Å². The standard InChI is InChI=1S/C19H32N4O2.ClH/c1-18(11-20)2-3-23(12-18)10-16(24)21-17(25)22-19-7-13-4-14(8-19)6-15(5-13)9-19;/h13-15H,2-12,20H2,1H3,(H2,21,22,24,25);1H. The van der Waals surface area contributed by atoms with Gasteiger partial charge in [0.05, 0.1) is 6.54 Å². The summed E-state index contributed by atoms with van der Waals surface area (Å²) in [6.07, 6.45) is 8.34. The Hall–Kier alpha value is -0.850. The Kier molecular flexibility index (Phi) is 5.58. The van der Waals surface area contributed by atoms with E-state index in [-0.39, 0.29) is 41.8 Å². The van der Waals surface area contributed by atoms with Gasteiger partial charge in [0, 0.05) is 12.1 Å². The third-order valence-corrected chi connectivity index (χ3v) is 7.17. The van der Waals surface area contributed by atoms with E-state index in [0.29, 0.717) is 6.54 Å². The van der Waals surface area contributed by atoms with Gasteiger partial charge in [0.1, 0.15) is 0 Å². The third kappa shape index (κ3) is 4.02. The molecular weight excluding hydrogens is 352 g/mol. The van der Waals surface area contributed by atoms with Crippen molar-refractivity contribution < 1.29 is 9.59 Å². The van der Waals surface area contributed by atoms with Gasteiger partial charge in [-0.1, -0.05) is 6.92 Å². The van der Waals surface area contributed by atoms with E-state index >= 15 is 0 Å². The van der Waals surface area contributed by atoms with Crippen molar-refractivity contribution in [3.8, 4) is 0 Å². The van der Waals surface area contributed by atoms with Crippen LogP contribution >= 0.6 is 12.4 Å². The van der Waals surface area contributed by atoms with Crippen LogP contribution < -0.4 is 16.4 Å². The lowest BCUT2D eigenvalue weighted by Gasteiger charge is -2.56. The largest absolute Gasteiger partial charge is 0.332 e. The summed E-state index contributed by atoms with van der Waals surface area (Å²) in [6, 6.07) is -0.298. The van der Waals surface area contributed by atoms with Gasteiger partial charge in [-0.2, -0.15) is 0 Å². The highest BCUT2D eigenvalue weighted by Gasteiger charge is 2.51. The first-order chi connectivity index (χ1) is 11.9. The average Bonchev–Trinajstić information content (AvgIpc) is 2.86. The molecule has 6 nitrogen and oxygen atoms in total. The normalized spacial score (nSPS) is 40.9. The minimum absolute atomic E-state index is 0. The van der Waals surface area contributed by atoms with Crippen LogP contribution in [0.3, 0.4) is 0 Å². The topological polar surface area (TPSA) is 87.5 Å². The summed E-state index contributed by atoms with van der Waals surface area (Å²) < 4.78 is 0. The molecule has 7 heteroatoms. The molecule has 4 saturated carbocycles. The first-order valence-corrected chi connectivity index (χ1v) is 9.91. The number of nitrogens with two attached hydrogens (primary N) is 1. The molecule has 0 aromatic carbocycles. The lowest BCUT2D eigenvalue weighted by atomic mass is 9.53. The van der Waals surface area contributed by atoms with Gasteiger partial charge in [0.2, 0.25) is 5.91 Å². The Morgan fingerprint density at radius 3 is 2.19 bits per heavy atom. The fourth-order valence-electron chi connectivity index (χ4n) is 6.33. The number of urea groups is 1. The van der Waals surface area contributed by atoms with E-state index in [1.54, 1.807) is 0 Å². The van der Waals surface area contributed by atoms with Gasteiger partial charge >= 0.3 is 6.03 Å². The first-order valence-electron chi connectivity index (χ1n) is 9.91. The molecule has 1 unspecified atom stereocenters. The molecule has 0 aromatic rings. The van der Waals surface area contributed by atoms with Gasteiger partial charge in [-0.05, 0) is 81.2 Å².